The van der Waals surface area contributed by atoms with Gasteiger partial charge in [-0.15, -0.1) is 0 Å². The van der Waals surface area contributed by atoms with Gasteiger partial charge in [-0.1, -0.05) is 59.9 Å². The summed E-state index contributed by atoms with van der Waals surface area (Å²) < 4.78 is 19.6. The van der Waals surface area contributed by atoms with Gasteiger partial charge >= 0.3 is 0 Å². The van der Waals surface area contributed by atoms with Gasteiger partial charge in [0, 0.05) is 33.5 Å². The normalized spacial score (nSPS) is 45.5. The molecule has 0 bridgehead atoms. The van der Waals surface area contributed by atoms with Crippen LogP contribution in [-0.2, 0) is 14.2 Å². The minimum atomic E-state index is -0.534. The fourth-order valence-electron chi connectivity index (χ4n) is 6.00. The third-order valence-electron chi connectivity index (χ3n) is 6.86. The van der Waals surface area contributed by atoms with Crippen molar-refractivity contribution in [3.8, 4) is 0 Å². The van der Waals surface area contributed by atoms with Gasteiger partial charge in [0.15, 0.2) is 11.6 Å². The minimum absolute atomic E-state index is 0.148. The maximum Gasteiger partial charge on any atom is 0.174 e. The number of rotatable bonds is 4. The number of benzene rings is 2. The van der Waals surface area contributed by atoms with Gasteiger partial charge < -0.3 is 14.2 Å². The Kier molecular flexibility index (Phi) is 3.99. The zero-order chi connectivity index (χ0) is 18.9. The summed E-state index contributed by atoms with van der Waals surface area (Å²) in [5, 5.41) is 0. The van der Waals surface area contributed by atoms with E-state index in [9.17, 15) is 0 Å². The molecule has 3 nitrogen and oxygen atoms in total. The Hall–Kier alpha value is -0.980. The predicted molar refractivity (Wildman–Crippen MR) is 111 cm³/mol. The first-order chi connectivity index (χ1) is 13.6. The highest BCUT2D eigenvalue weighted by Crippen LogP contribution is 2.71. The van der Waals surface area contributed by atoms with E-state index in [1.165, 1.54) is 9.79 Å². The van der Waals surface area contributed by atoms with Crippen LogP contribution in [0.25, 0.3) is 0 Å². The van der Waals surface area contributed by atoms with Crippen LogP contribution in [0.5, 0.6) is 0 Å². The van der Waals surface area contributed by atoms with Crippen LogP contribution in [0.3, 0.4) is 0 Å². The lowest BCUT2D eigenvalue weighted by molar-refractivity contribution is -0.299. The molecule has 2 aromatic rings. The van der Waals surface area contributed by atoms with Crippen LogP contribution in [0.1, 0.15) is 20.3 Å². The maximum atomic E-state index is 6.55. The molecule has 4 aliphatic rings. The molecule has 146 valence electrons. The second kappa shape index (κ2) is 6.26. The van der Waals surface area contributed by atoms with Crippen molar-refractivity contribution in [1.29, 1.82) is 0 Å². The first-order valence-corrected chi connectivity index (χ1v) is 11.8. The van der Waals surface area contributed by atoms with Crippen molar-refractivity contribution in [3.63, 3.8) is 0 Å². The zero-order valence-corrected chi connectivity index (χ0v) is 17.6. The summed E-state index contributed by atoms with van der Waals surface area (Å²) in [5.74, 6) is 0.765. The number of thioether (sulfide) groups is 2. The van der Waals surface area contributed by atoms with Crippen LogP contribution in [-0.4, -0.2) is 22.4 Å². The highest BCUT2D eigenvalue weighted by Gasteiger charge is 2.76. The van der Waals surface area contributed by atoms with Crippen LogP contribution in [0.15, 0.2) is 70.5 Å². The van der Waals surface area contributed by atoms with E-state index in [0.29, 0.717) is 23.7 Å². The molecule has 3 aliphatic heterocycles. The van der Waals surface area contributed by atoms with Crippen molar-refractivity contribution in [2.45, 2.75) is 52.5 Å². The largest absolute Gasteiger partial charge is 0.335 e. The Morgan fingerprint density at radius 2 is 1.14 bits per heavy atom. The molecule has 1 aliphatic carbocycles. The SMILES string of the molecule is C[C@@]12O[C@@H](Sc3ccccc3)[C@@H]3C[C@H]4[C@H]([C@@H]31)[C@](C)(O[C@@H]4Sc1ccccc1)O2. The van der Waals surface area contributed by atoms with Crippen molar-refractivity contribution in [1.82, 2.24) is 0 Å². The summed E-state index contributed by atoms with van der Waals surface area (Å²) in [6, 6.07) is 21.2. The molecule has 0 aromatic heterocycles. The van der Waals surface area contributed by atoms with E-state index in [1.54, 1.807) is 0 Å². The highest BCUT2D eigenvalue weighted by molar-refractivity contribution is 8.00. The van der Waals surface area contributed by atoms with Crippen LogP contribution in [0, 0.1) is 23.7 Å². The van der Waals surface area contributed by atoms with Crippen molar-refractivity contribution in [2.24, 2.45) is 23.7 Å². The molecule has 6 rings (SSSR count). The standard InChI is InChI=1S/C23H24O3S2/c1-22-18-16(20(24-22)27-14-9-5-3-6-10-14)13-17-19(18)23(2,26-22)25-21(17)28-15-11-7-4-8-12-15/h3-12,16-21H,13H2,1-2H3/t16-,17+,18-,19-,20+,21-,22+,23-/m1/s1. The molecule has 0 unspecified atom stereocenters. The third kappa shape index (κ3) is 2.56. The van der Waals surface area contributed by atoms with E-state index in [1.807, 2.05) is 23.5 Å². The van der Waals surface area contributed by atoms with Gasteiger partial charge in [0.1, 0.15) is 10.9 Å². The second-order valence-corrected chi connectivity index (χ2v) is 10.9. The molecule has 28 heavy (non-hydrogen) atoms. The van der Waals surface area contributed by atoms with Crippen LogP contribution < -0.4 is 0 Å². The molecule has 2 aromatic carbocycles. The van der Waals surface area contributed by atoms with Crippen LogP contribution in [0.4, 0.5) is 0 Å². The molecular formula is C23H24O3S2. The zero-order valence-electron chi connectivity index (χ0n) is 16.0. The van der Waals surface area contributed by atoms with Crippen molar-refractivity contribution < 1.29 is 14.2 Å². The number of hydrogen-bond acceptors (Lipinski definition) is 5. The molecule has 3 heterocycles. The molecular weight excluding hydrogens is 388 g/mol. The maximum absolute atomic E-state index is 6.55. The quantitative estimate of drug-likeness (QED) is 0.650. The van der Waals surface area contributed by atoms with E-state index >= 15 is 0 Å². The Balaban J connectivity index is 1.28. The summed E-state index contributed by atoms with van der Waals surface area (Å²) in [7, 11) is 0. The fraction of sp³-hybridized carbons (Fsp3) is 0.478. The Morgan fingerprint density at radius 1 is 0.714 bits per heavy atom. The molecule has 0 N–H and O–H groups in total. The Morgan fingerprint density at radius 3 is 1.57 bits per heavy atom. The van der Waals surface area contributed by atoms with Crippen molar-refractivity contribution in [2.75, 3.05) is 0 Å². The minimum Gasteiger partial charge on any atom is -0.335 e. The Bertz CT molecular complexity index is 806. The molecule has 0 radical (unpaired) electrons. The monoisotopic (exact) mass is 412 g/mol. The van der Waals surface area contributed by atoms with Gasteiger partial charge in [0.25, 0.3) is 0 Å². The molecule has 8 atom stereocenters. The van der Waals surface area contributed by atoms with E-state index < -0.39 is 11.6 Å². The van der Waals surface area contributed by atoms with E-state index in [4.69, 9.17) is 14.2 Å². The van der Waals surface area contributed by atoms with Crippen molar-refractivity contribution in [3.05, 3.63) is 60.7 Å². The topological polar surface area (TPSA) is 27.7 Å². The van der Waals surface area contributed by atoms with E-state index in [0.717, 1.165) is 6.42 Å². The van der Waals surface area contributed by atoms with Crippen LogP contribution in [0.2, 0.25) is 0 Å². The summed E-state index contributed by atoms with van der Waals surface area (Å²) >= 11 is 3.69. The van der Waals surface area contributed by atoms with Gasteiger partial charge in [-0.05, 0) is 44.5 Å². The second-order valence-electron chi connectivity index (χ2n) is 8.58. The van der Waals surface area contributed by atoms with Gasteiger partial charge in [0.05, 0.1) is 0 Å². The molecule has 5 heteroatoms. The lowest BCUT2D eigenvalue weighted by Crippen LogP contribution is -2.36. The average molecular weight is 413 g/mol. The van der Waals surface area contributed by atoms with Crippen molar-refractivity contribution >= 4 is 23.5 Å². The summed E-state index contributed by atoms with van der Waals surface area (Å²) in [4.78, 5) is 2.53. The fourth-order valence-corrected chi connectivity index (χ4v) is 8.55. The third-order valence-corrected chi connectivity index (χ3v) is 9.31. The summed E-state index contributed by atoms with van der Waals surface area (Å²) in [6.07, 6.45) is 1.15. The number of hydrogen-bond donors (Lipinski definition) is 0. The summed E-state index contributed by atoms with van der Waals surface area (Å²) in [6.45, 7) is 4.26. The van der Waals surface area contributed by atoms with E-state index in [2.05, 4.69) is 74.5 Å². The highest BCUT2D eigenvalue weighted by atomic mass is 32.2. The van der Waals surface area contributed by atoms with Gasteiger partial charge in [-0.2, -0.15) is 0 Å². The lowest BCUT2D eigenvalue weighted by atomic mass is 9.83. The molecule has 0 amide bonds. The first-order valence-electron chi connectivity index (χ1n) is 10.0. The molecule has 4 fully saturated rings. The smallest absolute Gasteiger partial charge is 0.174 e. The first kappa shape index (κ1) is 17.8. The van der Waals surface area contributed by atoms with E-state index in [-0.39, 0.29) is 10.9 Å². The summed E-state index contributed by atoms with van der Waals surface area (Å²) in [5.41, 5.74) is 0.296. The molecule has 0 spiro atoms. The van der Waals surface area contributed by atoms with Gasteiger partial charge in [-0.3, -0.25) is 0 Å². The predicted octanol–water partition coefficient (Wildman–Crippen LogP) is 5.61. The van der Waals surface area contributed by atoms with Gasteiger partial charge in [-0.25, -0.2) is 0 Å². The average Bonchev–Trinajstić information content (AvgIpc) is 3.34. The van der Waals surface area contributed by atoms with Crippen LogP contribution >= 0.6 is 23.5 Å². The van der Waals surface area contributed by atoms with Gasteiger partial charge in [0.2, 0.25) is 0 Å². The Labute approximate surface area is 174 Å². The number of ether oxygens (including phenoxy) is 3. The molecule has 3 saturated heterocycles. The lowest BCUT2D eigenvalue weighted by Gasteiger charge is -2.30. The molecule has 1 saturated carbocycles.